The molecule has 0 unspecified atom stereocenters. The predicted molar refractivity (Wildman–Crippen MR) is 119 cm³/mol. The SMILES string of the molecule is O=C(NCCc1c[nH]c2ccccc12)C(=O)N1CCN(Cc2ccc3c(c2)OCO3)CC1. The number of rotatable bonds is 5. The van der Waals surface area contributed by atoms with Crippen LogP contribution in [0.4, 0.5) is 0 Å². The van der Waals surface area contributed by atoms with Gasteiger partial charge in [0, 0.05) is 56.4 Å². The summed E-state index contributed by atoms with van der Waals surface area (Å²) >= 11 is 0. The number of nitrogens with zero attached hydrogens (tertiary/aromatic N) is 2. The molecule has 32 heavy (non-hydrogen) atoms. The summed E-state index contributed by atoms with van der Waals surface area (Å²) in [5.74, 6) is 0.571. The van der Waals surface area contributed by atoms with Crippen molar-refractivity contribution in [3.63, 3.8) is 0 Å². The van der Waals surface area contributed by atoms with Gasteiger partial charge in [-0.1, -0.05) is 24.3 Å². The van der Waals surface area contributed by atoms with Crippen LogP contribution in [-0.2, 0) is 22.6 Å². The zero-order chi connectivity index (χ0) is 21.9. The number of fused-ring (bicyclic) bond motifs is 2. The average molecular weight is 434 g/mol. The average Bonchev–Trinajstić information content (AvgIpc) is 3.46. The second-order valence-electron chi connectivity index (χ2n) is 8.12. The predicted octanol–water partition coefficient (Wildman–Crippen LogP) is 1.90. The highest BCUT2D eigenvalue weighted by atomic mass is 16.7. The summed E-state index contributed by atoms with van der Waals surface area (Å²) in [6.45, 7) is 4.00. The van der Waals surface area contributed by atoms with Crippen molar-refractivity contribution in [1.82, 2.24) is 20.1 Å². The Hall–Kier alpha value is -3.52. The number of aromatic nitrogens is 1. The molecule has 2 aliphatic rings. The fraction of sp³-hybridized carbons (Fsp3) is 0.333. The van der Waals surface area contributed by atoms with E-state index in [1.807, 2.05) is 42.6 Å². The number of carbonyl (C=O) groups excluding carboxylic acids is 2. The summed E-state index contributed by atoms with van der Waals surface area (Å²) in [4.78, 5) is 32.1. The molecule has 5 rings (SSSR count). The summed E-state index contributed by atoms with van der Waals surface area (Å²) in [7, 11) is 0. The molecule has 2 amide bonds. The largest absolute Gasteiger partial charge is 0.454 e. The van der Waals surface area contributed by atoms with Gasteiger partial charge in [0.1, 0.15) is 0 Å². The van der Waals surface area contributed by atoms with Gasteiger partial charge in [0.2, 0.25) is 6.79 Å². The lowest BCUT2D eigenvalue weighted by Crippen LogP contribution is -2.52. The van der Waals surface area contributed by atoms with E-state index in [-0.39, 0.29) is 6.79 Å². The molecule has 0 saturated carbocycles. The lowest BCUT2D eigenvalue weighted by atomic mass is 10.1. The smallest absolute Gasteiger partial charge is 0.311 e. The van der Waals surface area contributed by atoms with Gasteiger partial charge in [-0.05, 0) is 35.7 Å². The van der Waals surface area contributed by atoms with Crippen LogP contribution in [0, 0.1) is 0 Å². The first-order valence-corrected chi connectivity index (χ1v) is 10.9. The van der Waals surface area contributed by atoms with Crippen molar-refractivity contribution < 1.29 is 19.1 Å². The third-order valence-electron chi connectivity index (χ3n) is 6.05. The van der Waals surface area contributed by atoms with Crippen LogP contribution in [0.5, 0.6) is 11.5 Å². The summed E-state index contributed by atoms with van der Waals surface area (Å²) in [6, 6.07) is 14.0. The monoisotopic (exact) mass is 434 g/mol. The molecule has 0 radical (unpaired) electrons. The number of ether oxygens (including phenoxy) is 2. The van der Waals surface area contributed by atoms with Crippen molar-refractivity contribution in [3.05, 3.63) is 59.8 Å². The molecular weight excluding hydrogens is 408 g/mol. The first-order valence-electron chi connectivity index (χ1n) is 10.9. The van der Waals surface area contributed by atoms with E-state index in [0.717, 1.165) is 53.2 Å². The molecular formula is C24H26N4O4. The van der Waals surface area contributed by atoms with E-state index in [2.05, 4.69) is 21.3 Å². The van der Waals surface area contributed by atoms with Gasteiger partial charge in [0.05, 0.1) is 0 Å². The molecule has 0 spiro atoms. The number of piperazine rings is 1. The Kier molecular flexibility index (Phi) is 5.68. The molecule has 3 heterocycles. The number of benzene rings is 2. The minimum atomic E-state index is -0.533. The van der Waals surface area contributed by atoms with E-state index >= 15 is 0 Å². The van der Waals surface area contributed by atoms with E-state index in [4.69, 9.17) is 9.47 Å². The molecule has 1 saturated heterocycles. The van der Waals surface area contributed by atoms with Crippen molar-refractivity contribution >= 4 is 22.7 Å². The van der Waals surface area contributed by atoms with Crippen molar-refractivity contribution in [2.45, 2.75) is 13.0 Å². The maximum atomic E-state index is 12.6. The van der Waals surface area contributed by atoms with Crippen LogP contribution in [0.3, 0.4) is 0 Å². The molecule has 1 aromatic heterocycles. The molecule has 1 fully saturated rings. The van der Waals surface area contributed by atoms with Crippen molar-refractivity contribution in [3.8, 4) is 11.5 Å². The van der Waals surface area contributed by atoms with Gasteiger partial charge in [-0.3, -0.25) is 14.5 Å². The number of hydrogen-bond acceptors (Lipinski definition) is 5. The standard InChI is InChI=1S/C24H26N4O4/c29-23(25-8-7-18-14-26-20-4-2-1-3-19(18)20)24(30)28-11-9-27(10-12-28)15-17-5-6-21-22(13-17)32-16-31-21/h1-6,13-14,26H,7-12,15-16H2,(H,25,29). The molecule has 2 aromatic carbocycles. The molecule has 0 bridgehead atoms. The van der Waals surface area contributed by atoms with E-state index in [9.17, 15) is 9.59 Å². The Balaban J connectivity index is 1.07. The van der Waals surface area contributed by atoms with Gasteiger partial charge in [0.15, 0.2) is 11.5 Å². The third kappa shape index (κ3) is 4.27. The lowest BCUT2D eigenvalue weighted by Gasteiger charge is -2.34. The Bertz CT molecular complexity index is 1130. The Morgan fingerprint density at radius 1 is 1.00 bits per heavy atom. The normalized spacial score (nSPS) is 15.8. The molecule has 0 atom stereocenters. The van der Waals surface area contributed by atoms with Crippen LogP contribution < -0.4 is 14.8 Å². The lowest BCUT2D eigenvalue weighted by molar-refractivity contribution is -0.147. The third-order valence-corrected chi connectivity index (χ3v) is 6.05. The summed E-state index contributed by atoms with van der Waals surface area (Å²) in [5.41, 5.74) is 3.35. The maximum Gasteiger partial charge on any atom is 0.311 e. The molecule has 2 N–H and O–H groups in total. The zero-order valence-electron chi connectivity index (χ0n) is 17.8. The minimum absolute atomic E-state index is 0.267. The Morgan fingerprint density at radius 2 is 1.81 bits per heavy atom. The second kappa shape index (κ2) is 8.92. The maximum absolute atomic E-state index is 12.6. The highest BCUT2D eigenvalue weighted by Gasteiger charge is 2.26. The van der Waals surface area contributed by atoms with Crippen molar-refractivity contribution in [2.24, 2.45) is 0 Å². The number of amides is 2. The number of H-pyrrole nitrogens is 1. The summed E-state index contributed by atoms with van der Waals surface area (Å²) in [5, 5.41) is 3.92. The Morgan fingerprint density at radius 3 is 2.69 bits per heavy atom. The van der Waals surface area contributed by atoms with Crippen LogP contribution in [0.2, 0.25) is 0 Å². The fourth-order valence-corrected chi connectivity index (χ4v) is 4.27. The van der Waals surface area contributed by atoms with E-state index < -0.39 is 11.8 Å². The van der Waals surface area contributed by atoms with Crippen molar-refractivity contribution in [2.75, 3.05) is 39.5 Å². The molecule has 8 nitrogen and oxygen atoms in total. The van der Waals surface area contributed by atoms with Gasteiger partial charge in [-0.2, -0.15) is 0 Å². The van der Waals surface area contributed by atoms with Gasteiger partial charge >= 0.3 is 11.8 Å². The minimum Gasteiger partial charge on any atom is -0.454 e. The van der Waals surface area contributed by atoms with Gasteiger partial charge < -0.3 is 24.7 Å². The highest BCUT2D eigenvalue weighted by Crippen LogP contribution is 2.32. The topological polar surface area (TPSA) is 86.9 Å². The molecule has 8 heteroatoms. The Labute approximate surface area is 186 Å². The summed E-state index contributed by atoms with van der Waals surface area (Å²) in [6.07, 6.45) is 2.63. The number of aromatic amines is 1. The molecule has 3 aromatic rings. The zero-order valence-corrected chi connectivity index (χ0v) is 17.8. The fourth-order valence-electron chi connectivity index (χ4n) is 4.27. The van der Waals surface area contributed by atoms with E-state index in [1.165, 1.54) is 0 Å². The highest BCUT2D eigenvalue weighted by molar-refractivity contribution is 6.35. The molecule has 0 aliphatic carbocycles. The summed E-state index contributed by atoms with van der Waals surface area (Å²) < 4.78 is 10.8. The number of nitrogens with one attached hydrogen (secondary N) is 2. The van der Waals surface area contributed by atoms with E-state index in [1.54, 1.807) is 4.90 Å². The second-order valence-corrected chi connectivity index (χ2v) is 8.12. The number of para-hydroxylation sites is 1. The first kappa shape index (κ1) is 20.4. The molecule has 2 aliphatic heterocycles. The quantitative estimate of drug-likeness (QED) is 0.599. The number of hydrogen-bond donors (Lipinski definition) is 2. The van der Waals surface area contributed by atoms with Crippen LogP contribution in [0.25, 0.3) is 10.9 Å². The van der Waals surface area contributed by atoms with Gasteiger partial charge in [0.25, 0.3) is 0 Å². The van der Waals surface area contributed by atoms with Gasteiger partial charge in [-0.25, -0.2) is 0 Å². The van der Waals surface area contributed by atoms with Crippen LogP contribution in [0.15, 0.2) is 48.7 Å². The van der Waals surface area contributed by atoms with Crippen molar-refractivity contribution in [1.29, 1.82) is 0 Å². The van der Waals surface area contributed by atoms with E-state index in [0.29, 0.717) is 26.1 Å². The van der Waals surface area contributed by atoms with Gasteiger partial charge in [-0.15, -0.1) is 0 Å². The van der Waals surface area contributed by atoms with Crippen LogP contribution in [-0.4, -0.2) is 66.1 Å². The van der Waals surface area contributed by atoms with Crippen LogP contribution >= 0.6 is 0 Å². The first-order chi connectivity index (χ1) is 15.7. The molecule has 166 valence electrons. The van der Waals surface area contributed by atoms with Crippen LogP contribution in [0.1, 0.15) is 11.1 Å². The number of carbonyl (C=O) groups is 2.